The molecule has 2 aromatic rings. The molecular weight excluding hydrogens is 598 g/mol. The van der Waals surface area contributed by atoms with Gasteiger partial charge in [-0.2, -0.15) is 8.42 Å². The van der Waals surface area contributed by atoms with E-state index in [1.165, 1.54) is 56.3 Å². The molecule has 0 heterocycles. The number of nitro groups is 1. The number of nitrogens with one attached hydrogen (secondary N) is 4. The molecule has 0 aliphatic carbocycles. The quantitative estimate of drug-likeness (QED) is 0.109. The van der Waals surface area contributed by atoms with Crippen LogP contribution in [0.15, 0.2) is 59.6 Å². The van der Waals surface area contributed by atoms with Gasteiger partial charge in [0.25, 0.3) is 5.91 Å². The summed E-state index contributed by atoms with van der Waals surface area (Å²) in [5.41, 5.74) is -0.128. The van der Waals surface area contributed by atoms with Crippen LogP contribution in [0, 0.1) is 10.1 Å². The normalized spacial score (nSPS) is 12.8. The van der Waals surface area contributed by atoms with Gasteiger partial charge >= 0.3 is 16.2 Å². The van der Waals surface area contributed by atoms with E-state index >= 15 is 0 Å². The van der Waals surface area contributed by atoms with Crippen molar-refractivity contribution >= 4 is 40.0 Å². The van der Waals surface area contributed by atoms with Crippen molar-refractivity contribution in [3.63, 3.8) is 0 Å². The molecule has 4 N–H and O–H groups in total. The third-order valence-electron chi connectivity index (χ3n) is 5.47. The first-order valence-corrected chi connectivity index (χ1v) is 14.7. The molecule has 15 nitrogen and oxygen atoms in total. The molecule has 0 aromatic heterocycles. The van der Waals surface area contributed by atoms with Gasteiger partial charge in [0.15, 0.2) is 0 Å². The molecule has 0 fully saturated rings. The Balaban J connectivity index is 1.85. The lowest BCUT2D eigenvalue weighted by molar-refractivity contribution is -0.400. The van der Waals surface area contributed by atoms with E-state index in [-0.39, 0.29) is 29.3 Å². The van der Waals surface area contributed by atoms with Gasteiger partial charge in [-0.1, -0.05) is 12.1 Å². The van der Waals surface area contributed by atoms with E-state index in [1.54, 1.807) is 20.8 Å². The highest BCUT2D eigenvalue weighted by Gasteiger charge is 2.23. The molecule has 0 saturated heterocycles. The van der Waals surface area contributed by atoms with Gasteiger partial charge in [0.05, 0.1) is 4.92 Å². The summed E-state index contributed by atoms with van der Waals surface area (Å²) >= 11 is 0. The van der Waals surface area contributed by atoms with E-state index in [1.807, 2.05) is 0 Å². The van der Waals surface area contributed by atoms with Crippen LogP contribution in [0.4, 0.5) is 4.79 Å². The Labute approximate surface area is 254 Å². The zero-order valence-electron chi connectivity index (χ0n) is 24.8. The van der Waals surface area contributed by atoms with E-state index in [2.05, 4.69) is 21.3 Å². The van der Waals surface area contributed by atoms with Gasteiger partial charge in [-0.3, -0.25) is 24.5 Å². The predicted octanol–water partition coefficient (Wildman–Crippen LogP) is 1.97. The van der Waals surface area contributed by atoms with E-state index in [4.69, 9.17) is 8.92 Å². The van der Waals surface area contributed by atoms with Crippen LogP contribution in [0.3, 0.4) is 0 Å². The third-order valence-corrected chi connectivity index (χ3v) is 6.73. The lowest BCUT2D eigenvalue weighted by Crippen LogP contribution is -2.52. The van der Waals surface area contributed by atoms with Gasteiger partial charge in [-0.25, -0.2) is 4.79 Å². The Morgan fingerprint density at radius 2 is 1.45 bits per heavy atom. The van der Waals surface area contributed by atoms with Gasteiger partial charge in [0.2, 0.25) is 18.0 Å². The Morgan fingerprint density at radius 1 is 0.886 bits per heavy atom. The lowest BCUT2D eigenvalue weighted by atomic mass is 10.2. The fourth-order valence-corrected chi connectivity index (χ4v) is 4.23. The minimum absolute atomic E-state index is 0.0229. The molecule has 16 heteroatoms. The number of benzene rings is 2. The molecule has 44 heavy (non-hydrogen) atoms. The van der Waals surface area contributed by atoms with Crippen LogP contribution in [0.2, 0.25) is 0 Å². The molecular formula is C28H35N5O10S. The molecule has 0 radical (unpaired) electrons. The number of amides is 4. The summed E-state index contributed by atoms with van der Waals surface area (Å²) in [6.45, 7) is 8.22. The van der Waals surface area contributed by atoms with Crippen molar-refractivity contribution in [1.29, 1.82) is 0 Å². The van der Waals surface area contributed by atoms with Crippen LogP contribution in [0.1, 0.15) is 50.5 Å². The molecule has 0 bridgehead atoms. The second kappa shape index (κ2) is 15.5. The summed E-state index contributed by atoms with van der Waals surface area (Å²) < 4.78 is 35.4. The highest BCUT2D eigenvalue weighted by molar-refractivity contribution is 7.87. The molecule has 2 aromatic carbocycles. The Bertz CT molecular complexity index is 1480. The fraction of sp³-hybridized carbons (Fsp3) is 0.357. The largest absolute Gasteiger partial charge is 0.444 e. The minimum Gasteiger partial charge on any atom is -0.444 e. The molecule has 0 saturated carbocycles. The van der Waals surface area contributed by atoms with Crippen LogP contribution in [-0.2, 0) is 24.4 Å². The summed E-state index contributed by atoms with van der Waals surface area (Å²) in [6, 6.07) is 8.36. The van der Waals surface area contributed by atoms with Crippen molar-refractivity contribution in [1.82, 2.24) is 21.3 Å². The standard InChI is InChI=1S/C28H35N5O10S/c1-18(24(34)29-15-16-30-27(37)42-28(3,4)5)31-25(35)19(2)32-26(36)21-8-12-23(13-9-21)44(40,41)43-22-10-6-20(7-11-22)14-17-33(38)39/h6-14,17-19H,15-16H2,1-5H3,(H,29,34)(H,30,37)(H,31,35)(H,32,36)/b17-14+/t18-,19-/m0/s1. The Morgan fingerprint density at radius 3 is 2.02 bits per heavy atom. The Hall–Kier alpha value is -4.99. The van der Waals surface area contributed by atoms with Crippen molar-refractivity contribution in [3.8, 4) is 5.75 Å². The summed E-state index contributed by atoms with van der Waals surface area (Å²) in [6.07, 6.45) is 1.35. The smallest absolute Gasteiger partial charge is 0.407 e. The van der Waals surface area contributed by atoms with Crippen LogP contribution in [-0.4, -0.2) is 67.9 Å². The molecule has 0 aliphatic rings. The number of carbonyl (C=O) groups is 4. The predicted molar refractivity (Wildman–Crippen MR) is 159 cm³/mol. The maximum Gasteiger partial charge on any atom is 0.407 e. The molecule has 2 rings (SSSR count). The molecule has 0 aliphatic heterocycles. The van der Waals surface area contributed by atoms with Crippen molar-refractivity contribution in [2.75, 3.05) is 13.1 Å². The molecule has 0 unspecified atom stereocenters. The van der Waals surface area contributed by atoms with Crippen LogP contribution < -0.4 is 25.5 Å². The van der Waals surface area contributed by atoms with Gasteiger partial charge in [0, 0.05) is 24.7 Å². The second-order valence-corrected chi connectivity index (χ2v) is 11.9. The van der Waals surface area contributed by atoms with Crippen LogP contribution >= 0.6 is 0 Å². The number of hydrogen-bond acceptors (Lipinski definition) is 10. The molecule has 238 valence electrons. The first-order chi connectivity index (χ1) is 20.5. The number of ether oxygens (including phenoxy) is 1. The number of carbonyl (C=O) groups excluding carboxylic acids is 4. The number of hydrogen-bond donors (Lipinski definition) is 4. The van der Waals surface area contributed by atoms with Gasteiger partial charge in [0.1, 0.15) is 28.3 Å². The SMILES string of the molecule is C[C@H](NC(=O)c1ccc(S(=O)(=O)Oc2ccc(/C=C/[N+](=O)[O-])cc2)cc1)C(=O)N[C@@H](C)C(=O)NCCNC(=O)OC(C)(C)C. The van der Waals surface area contributed by atoms with Crippen molar-refractivity contribution in [2.45, 2.75) is 57.2 Å². The lowest BCUT2D eigenvalue weighted by Gasteiger charge is -2.20. The summed E-state index contributed by atoms with van der Waals surface area (Å²) in [5, 5.41) is 20.4. The second-order valence-electron chi connectivity index (χ2n) is 10.4. The maximum absolute atomic E-state index is 12.6. The highest BCUT2D eigenvalue weighted by atomic mass is 32.2. The average Bonchev–Trinajstić information content (AvgIpc) is 2.93. The summed E-state index contributed by atoms with van der Waals surface area (Å²) in [4.78, 5) is 58.6. The number of rotatable bonds is 13. The Kier molecular flexibility index (Phi) is 12.4. The van der Waals surface area contributed by atoms with E-state index in [9.17, 15) is 37.7 Å². The number of nitrogens with zero attached hydrogens (tertiary/aromatic N) is 1. The van der Waals surface area contributed by atoms with Crippen molar-refractivity contribution in [2.24, 2.45) is 0 Å². The van der Waals surface area contributed by atoms with Crippen molar-refractivity contribution < 1.29 is 41.4 Å². The van der Waals surface area contributed by atoms with E-state index in [0.717, 1.165) is 18.3 Å². The monoisotopic (exact) mass is 633 g/mol. The first kappa shape index (κ1) is 35.2. The van der Waals surface area contributed by atoms with Crippen LogP contribution in [0.5, 0.6) is 5.75 Å². The maximum atomic E-state index is 12.6. The number of alkyl carbamates (subject to hydrolysis) is 1. The molecule has 2 atom stereocenters. The minimum atomic E-state index is -4.26. The average molecular weight is 634 g/mol. The topological polar surface area (TPSA) is 212 Å². The van der Waals surface area contributed by atoms with E-state index < -0.39 is 56.5 Å². The van der Waals surface area contributed by atoms with Gasteiger partial charge < -0.3 is 30.2 Å². The first-order valence-electron chi connectivity index (χ1n) is 13.3. The fourth-order valence-electron chi connectivity index (χ4n) is 3.30. The molecule has 4 amide bonds. The summed E-state index contributed by atoms with van der Waals surface area (Å²) in [7, 11) is -4.26. The molecule has 0 spiro atoms. The zero-order chi connectivity index (χ0) is 33.1. The third kappa shape index (κ3) is 12.1. The highest BCUT2D eigenvalue weighted by Crippen LogP contribution is 2.20. The van der Waals surface area contributed by atoms with E-state index in [0.29, 0.717) is 5.56 Å². The van der Waals surface area contributed by atoms with Crippen molar-refractivity contribution in [3.05, 3.63) is 76.0 Å². The van der Waals surface area contributed by atoms with Crippen LogP contribution in [0.25, 0.3) is 6.08 Å². The summed E-state index contributed by atoms with van der Waals surface area (Å²) in [5.74, 6) is -1.84. The van der Waals surface area contributed by atoms with Gasteiger partial charge in [-0.15, -0.1) is 0 Å². The van der Waals surface area contributed by atoms with Gasteiger partial charge in [-0.05, 0) is 76.6 Å². The zero-order valence-corrected chi connectivity index (χ0v) is 25.6.